The van der Waals surface area contributed by atoms with E-state index in [1.165, 1.54) is 64.5 Å². The van der Waals surface area contributed by atoms with Crippen molar-refractivity contribution in [1.29, 1.82) is 0 Å². The number of hydrogen-bond donors (Lipinski definition) is 1. The standard InChI is InChI=1S/C15H30N2/c1-3-15-10-9-13(2)17(15)12-6-8-14-7-4-5-11-16-14/h13-16H,3-12H2,1-2H3. The maximum atomic E-state index is 3.66. The van der Waals surface area contributed by atoms with E-state index in [1.807, 2.05) is 0 Å². The van der Waals surface area contributed by atoms with E-state index in [1.54, 1.807) is 0 Å². The molecule has 0 spiro atoms. The lowest BCUT2D eigenvalue weighted by atomic mass is 10.0. The molecule has 2 aliphatic rings. The van der Waals surface area contributed by atoms with Gasteiger partial charge in [0.15, 0.2) is 0 Å². The molecular weight excluding hydrogens is 208 g/mol. The Balaban J connectivity index is 1.66. The lowest BCUT2D eigenvalue weighted by Crippen LogP contribution is -2.37. The SMILES string of the molecule is CCC1CCC(C)N1CCCC1CCCCN1. The molecule has 2 fully saturated rings. The number of nitrogens with one attached hydrogen (secondary N) is 1. The molecule has 0 aromatic heterocycles. The van der Waals surface area contributed by atoms with Crippen molar-refractivity contribution in [3.63, 3.8) is 0 Å². The van der Waals surface area contributed by atoms with Crippen molar-refractivity contribution < 1.29 is 0 Å². The van der Waals surface area contributed by atoms with Gasteiger partial charge in [-0.3, -0.25) is 4.90 Å². The molecule has 17 heavy (non-hydrogen) atoms. The molecule has 0 saturated carbocycles. The quantitative estimate of drug-likeness (QED) is 0.791. The monoisotopic (exact) mass is 238 g/mol. The molecule has 2 heteroatoms. The minimum absolute atomic E-state index is 0.821. The van der Waals surface area contributed by atoms with Crippen molar-refractivity contribution in [3.8, 4) is 0 Å². The zero-order valence-electron chi connectivity index (χ0n) is 11.8. The van der Waals surface area contributed by atoms with Crippen molar-refractivity contribution >= 4 is 0 Å². The highest BCUT2D eigenvalue weighted by atomic mass is 15.2. The maximum Gasteiger partial charge on any atom is 0.00960 e. The third-order valence-corrected chi connectivity index (χ3v) is 4.81. The zero-order chi connectivity index (χ0) is 12.1. The predicted octanol–water partition coefficient (Wildman–Crippen LogP) is 3.17. The second-order valence-corrected chi connectivity index (χ2v) is 6.02. The minimum Gasteiger partial charge on any atom is -0.314 e. The Bertz CT molecular complexity index is 211. The molecule has 0 radical (unpaired) electrons. The largest absolute Gasteiger partial charge is 0.314 e. The molecule has 100 valence electrons. The van der Waals surface area contributed by atoms with Crippen molar-refractivity contribution in [2.24, 2.45) is 0 Å². The molecule has 2 heterocycles. The summed E-state index contributed by atoms with van der Waals surface area (Å²) in [6.45, 7) is 7.34. The Morgan fingerprint density at radius 2 is 2.06 bits per heavy atom. The summed E-state index contributed by atoms with van der Waals surface area (Å²) in [4.78, 5) is 2.77. The van der Waals surface area contributed by atoms with Crippen LogP contribution < -0.4 is 5.32 Å². The van der Waals surface area contributed by atoms with Crippen LogP contribution in [-0.2, 0) is 0 Å². The van der Waals surface area contributed by atoms with Gasteiger partial charge in [0.25, 0.3) is 0 Å². The first kappa shape index (κ1) is 13.4. The molecule has 2 nitrogen and oxygen atoms in total. The Kier molecular flexibility index (Phi) is 5.30. The molecule has 0 amide bonds. The molecule has 0 aromatic carbocycles. The average molecular weight is 238 g/mol. The van der Waals surface area contributed by atoms with Crippen LogP contribution >= 0.6 is 0 Å². The normalized spacial score (nSPS) is 35.3. The molecule has 0 bridgehead atoms. The summed E-state index contributed by atoms with van der Waals surface area (Å²) in [7, 11) is 0. The summed E-state index contributed by atoms with van der Waals surface area (Å²) in [6, 6.07) is 2.53. The zero-order valence-corrected chi connectivity index (χ0v) is 11.8. The summed E-state index contributed by atoms with van der Waals surface area (Å²) in [6.07, 6.45) is 11.2. The number of piperidine rings is 1. The number of likely N-dealkylation sites (tertiary alicyclic amines) is 1. The summed E-state index contributed by atoms with van der Waals surface area (Å²) >= 11 is 0. The summed E-state index contributed by atoms with van der Waals surface area (Å²) in [5, 5.41) is 3.66. The van der Waals surface area contributed by atoms with Gasteiger partial charge in [0.2, 0.25) is 0 Å². The van der Waals surface area contributed by atoms with Crippen molar-refractivity contribution in [1.82, 2.24) is 10.2 Å². The lowest BCUT2D eigenvalue weighted by Gasteiger charge is -2.29. The van der Waals surface area contributed by atoms with Crippen LogP contribution in [0.15, 0.2) is 0 Å². The molecular formula is C15H30N2. The van der Waals surface area contributed by atoms with E-state index in [0.29, 0.717) is 0 Å². The van der Waals surface area contributed by atoms with E-state index in [0.717, 1.165) is 18.1 Å². The van der Waals surface area contributed by atoms with Crippen LogP contribution in [0.4, 0.5) is 0 Å². The van der Waals surface area contributed by atoms with Gasteiger partial charge in [0.1, 0.15) is 0 Å². The number of nitrogens with zero attached hydrogens (tertiary/aromatic N) is 1. The maximum absolute atomic E-state index is 3.66. The molecule has 2 aliphatic heterocycles. The van der Waals surface area contributed by atoms with E-state index in [-0.39, 0.29) is 0 Å². The van der Waals surface area contributed by atoms with E-state index in [4.69, 9.17) is 0 Å². The highest BCUT2D eigenvalue weighted by Crippen LogP contribution is 2.26. The molecule has 3 atom stereocenters. The van der Waals surface area contributed by atoms with Crippen LogP contribution in [0.25, 0.3) is 0 Å². The van der Waals surface area contributed by atoms with Gasteiger partial charge in [0.05, 0.1) is 0 Å². The average Bonchev–Trinajstić information content (AvgIpc) is 2.72. The van der Waals surface area contributed by atoms with Crippen LogP contribution in [0.2, 0.25) is 0 Å². The fourth-order valence-corrected chi connectivity index (χ4v) is 3.66. The molecule has 2 rings (SSSR count). The first-order valence-electron chi connectivity index (χ1n) is 7.80. The molecule has 0 aromatic rings. The fourth-order valence-electron chi connectivity index (χ4n) is 3.66. The van der Waals surface area contributed by atoms with E-state index < -0.39 is 0 Å². The summed E-state index contributed by atoms with van der Waals surface area (Å²) < 4.78 is 0. The van der Waals surface area contributed by atoms with Crippen LogP contribution in [0.3, 0.4) is 0 Å². The first-order chi connectivity index (χ1) is 8.31. The van der Waals surface area contributed by atoms with Gasteiger partial charge < -0.3 is 5.32 Å². The second-order valence-electron chi connectivity index (χ2n) is 6.02. The molecule has 1 N–H and O–H groups in total. The Hall–Kier alpha value is -0.0800. The van der Waals surface area contributed by atoms with Gasteiger partial charge in [-0.05, 0) is 65.0 Å². The van der Waals surface area contributed by atoms with Gasteiger partial charge in [-0.1, -0.05) is 13.3 Å². The van der Waals surface area contributed by atoms with E-state index in [2.05, 4.69) is 24.1 Å². The van der Waals surface area contributed by atoms with Gasteiger partial charge in [0, 0.05) is 18.1 Å². The number of hydrogen-bond acceptors (Lipinski definition) is 2. The Morgan fingerprint density at radius 3 is 2.76 bits per heavy atom. The summed E-state index contributed by atoms with van der Waals surface area (Å²) in [5.74, 6) is 0. The van der Waals surface area contributed by atoms with Crippen LogP contribution in [-0.4, -0.2) is 36.1 Å². The Labute approximate surface area is 107 Å². The smallest absolute Gasteiger partial charge is 0.00960 e. The third kappa shape index (κ3) is 3.69. The van der Waals surface area contributed by atoms with Crippen LogP contribution in [0.5, 0.6) is 0 Å². The first-order valence-corrected chi connectivity index (χ1v) is 7.80. The van der Waals surface area contributed by atoms with Crippen LogP contribution in [0.1, 0.15) is 65.2 Å². The van der Waals surface area contributed by atoms with Crippen molar-refractivity contribution in [3.05, 3.63) is 0 Å². The minimum atomic E-state index is 0.821. The van der Waals surface area contributed by atoms with E-state index >= 15 is 0 Å². The highest BCUT2D eigenvalue weighted by molar-refractivity contribution is 4.84. The number of rotatable bonds is 5. The fraction of sp³-hybridized carbons (Fsp3) is 1.00. The predicted molar refractivity (Wildman–Crippen MR) is 74.4 cm³/mol. The second kappa shape index (κ2) is 6.75. The van der Waals surface area contributed by atoms with E-state index in [9.17, 15) is 0 Å². The van der Waals surface area contributed by atoms with Crippen molar-refractivity contribution in [2.75, 3.05) is 13.1 Å². The van der Waals surface area contributed by atoms with Gasteiger partial charge in [-0.25, -0.2) is 0 Å². The topological polar surface area (TPSA) is 15.3 Å². The molecule has 3 unspecified atom stereocenters. The summed E-state index contributed by atoms with van der Waals surface area (Å²) in [5.41, 5.74) is 0. The third-order valence-electron chi connectivity index (χ3n) is 4.81. The molecule has 0 aliphatic carbocycles. The lowest BCUT2D eigenvalue weighted by molar-refractivity contribution is 0.190. The van der Waals surface area contributed by atoms with Crippen LogP contribution in [0, 0.1) is 0 Å². The van der Waals surface area contributed by atoms with Crippen molar-refractivity contribution in [2.45, 2.75) is 83.3 Å². The molecule has 2 saturated heterocycles. The van der Waals surface area contributed by atoms with Gasteiger partial charge in [-0.15, -0.1) is 0 Å². The highest BCUT2D eigenvalue weighted by Gasteiger charge is 2.28. The van der Waals surface area contributed by atoms with Gasteiger partial charge in [-0.2, -0.15) is 0 Å². The Morgan fingerprint density at radius 1 is 1.18 bits per heavy atom. The van der Waals surface area contributed by atoms with Gasteiger partial charge >= 0.3 is 0 Å².